The van der Waals surface area contributed by atoms with Gasteiger partial charge in [0.1, 0.15) is 18.1 Å². The second kappa shape index (κ2) is 8.82. The minimum absolute atomic E-state index is 0.129. The number of nitrogens with zero attached hydrogens (tertiary/aromatic N) is 2. The monoisotopic (exact) mass is 474 g/mol. The maximum atomic E-state index is 14.7. The van der Waals surface area contributed by atoms with Gasteiger partial charge in [-0.15, -0.1) is 0 Å². The molecule has 0 saturated carbocycles. The smallest absolute Gasteiger partial charge is 0.165 e. The van der Waals surface area contributed by atoms with Crippen LogP contribution in [0.5, 0.6) is 17.2 Å². The largest absolute Gasteiger partial charge is 0.508 e. The number of pyridine rings is 1. The number of para-hydroxylation sites is 1. The molecule has 0 aliphatic carbocycles. The van der Waals surface area contributed by atoms with E-state index in [1.54, 1.807) is 24.4 Å². The fourth-order valence-electron chi connectivity index (χ4n) is 4.94. The maximum Gasteiger partial charge on any atom is 0.165 e. The molecule has 0 bridgehead atoms. The fourth-order valence-corrected chi connectivity index (χ4v) is 4.94. The molecule has 3 aromatic carbocycles. The molecule has 2 aliphatic rings. The number of phenolic OH excluding ortho intramolecular Hbond substituents is 1. The van der Waals surface area contributed by atoms with E-state index in [0.29, 0.717) is 17.7 Å². The van der Waals surface area contributed by atoms with Crippen LogP contribution in [0.1, 0.15) is 17.2 Å². The van der Waals surface area contributed by atoms with E-state index < -0.39 is 11.9 Å². The number of benzene rings is 3. The highest BCUT2D eigenvalue weighted by Crippen LogP contribution is 2.48. The van der Waals surface area contributed by atoms with E-state index in [1.165, 1.54) is 6.07 Å². The molecule has 0 amide bonds. The van der Waals surface area contributed by atoms with Gasteiger partial charge in [0.05, 0.1) is 12.2 Å². The number of hydrogen-bond acceptors (Lipinski definition) is 5. The molecule has 6 rings (SSSR count). The van der Waals surface area contributed by atoms with Crippen LogP contribution in [0.2, 0.25) is 0 Å². The number of likely N-dealkylation sites (tertiary alicyclic amines) is 1. The van der Waals surface area contributed by atoms with Crippen molar-refractivity contribution < 1.29 is 23.4 Å². The predicted molar refractivity (Wildman–Crippen MR) is 129 cm³/mol. The summed E-state index contributed by atoms with van der Waals surface area (Å²) in [7, 11) is 0. The van der Waals surface area contributed by atoms with Crippen molar-refractivity contribution in [1.82, 2.24) is 9.88 Å². The first-order valence-electron chi connectivity index (χ1n) is 11.7. The lowest BCUT2D eigenvalue weighted by Gasteiger charge is -2.37. The number of aromatic nitrogens is 1. The van der Waals surface area contributed by atoms with Crippen molar-refractivity contribution in [3.63, 3.8) is 0 Å². The van der Waals surface area contributed by atoms with Crippen molar-refractivity contribution in [2.75, 3.05) is 32.9 Å². The zero-order valence-corrected chi connectivity index (χ0v) is 19.0. The van der Waals surface area contributed by atoms with Crippen molar-refractivity contribution in [2.24, 2.45) is 5.92 Å². The summed E-state index contributed by atoms with van der Waals surface area (Å²) < 4.78 is 39.5. The van der Waals surface area contributed by atoms with Gasteiger partial charge in [-0.3, -0.25) is 14.3 Å². The molecule has 1 unspecified atom stereocenters. The van der Waals surface area contributed by atoms with Crippen LogP contribution in [0, 0.1) is 11.7 Å². The number of fused-ring (bicyclic) bond motifs is 5. The van der Waals surface area contributed by atoms with E-state index in [0.717, 1.165) is 47.5 Å². The van der Waals surface area contributed by atoms with Gasteiger partial charge in [0.25, 0.3) is 0 Å². The quantitative estimate of drug-likeness (QED) is 0.400. The molecule has 35 heavy (non-hydrogen) atoms. The van der Waals surface area contributed by atoms with Gasteiger partial charge >= 0.3 is 0 Å². The molecule has 1 N–H and O–H groups in total. The van der Waals surface area contributed by atoms with Crippen LogP contribution in [-0.4, -0.2) is 47.9 Å². The topological polar surface area (TPSA) is 54.8 Å². The lowest BCUT2D eigenvalue weighted by atomic mass is 9.88. The van der Waals surface area contributed by atoms with E-state index in [4.69, 9.17) is 9.47 Å². The number of aromatic hydroxyl groups is 1. The SMILES string of the molecule is Oc1ccc2c3c(cnc2c1)-c1cccc(F)c1OC3c1ccc(OCCN2CC(CF)C2)cc1. The van der Waals surface area contributed by atoms with Crippen LogP contribution in [0.25, 0.3) is 22.0 Å². The van der Waals surface area contributed by atoms with Crippen LogP contribution >= 0.6 is 0 Å². The summed E-state index contributed by atoms with van der Waals surface area (Å²) in [6, 6.07) is 17.5. The second-order valence-corrected chi connectivity index (χ2v) is 9.10. The van der Waals surface area contributed by atoms with Gasteiger partial charge in [-0.05, 0) is 35.9 Å². The van der Waals surface area contributed by atoms with Crippen molar-refractivity contribution in [1.29, 1.82) is 0 Å². The number of rotatable bonds is 6. The first-order chi connectivity index (χ1) is 17.1. The third kappa shape index (κ3) is 3.96. The molecule has 7 heteroatoms. The highest BCUT2D eigenvalue weighted by molar-refractivity contribution is 5.92. The van der Waals surface area contributed by atoms with Crippen LogP contribution in [0.4, 0.5) is 8.78 Å². The second-order valence-electron chi connectivity index (χ2n) is 9.10. The average Bonchev–Trinajstić information content (AvgIpc) is 2.85. The molecule has 1 aromatic heterocycles. The van der Waals surface area contributed by atoms with E-state index >= 15 is 0 Å². The summed E-state index contributed by atoms with van der Waals surface area (Å²) in [5.41, 5.74) is 3.82. The molecule has 1 saturated heterocycles. The Labute approximate surface area is 201 Å². The van der Waals surface area contributed by atoms with Crippen LogP contribution in [0.3, 0.4) is 0 Å². The molecule has 5 nitrogen and oxygen atoms in total. The first-order valence-corrected chi connectivity index (χ1v) is 11.7. The van der Waals surface area contributed by atoms with Gasteiger partial charge in [-0.2, -0.15) is 0 Å². The molecule has 0 spiro atoms. The highest BCUT2D eigenvalue weighted by Gasteiger charge is 2.31. The Morgan fingerprint density at radius 3 is 2.69 bits per heavy atom. The Morgan fingerprint density at radius 2 is 1.89 bits per heavy atom. The van der Waals surface area contributed by atoms with Gasteiger partial charge in [-0.25, -0.2) is 4.39 Å². The summed E-state index contributed by atoms with van der Waals surface area (Å²) in [6.45, 7) is 2.61. The maximum absolute atomic E-state index is 14.7. The van der Waals surface area contributed by atoms with Crippen LogP contribution < -0.4 is 9.47 Å². The normalized spacial score (nSPS) is 17.4. The number of phenols is 1. The number of alkyl halides is 1. The van der Waals surface area contributed by atoms with Crippen molar-refractivity contribution in [3.05, 3.63) is 83.8 Å². The Hall–Kier alpha value is -3.71. The Bertz CT molecular complexity index is 1390. The zero-order valence-electron chi connectivity index (χ0n) is 19.0. The van der Waals surface area contributed by atoms with Gasteiger partial charge in [0.15, 0.2) is 17.7 Å². The third-order valence-electron chi connectivity index (χ3n) is 6.76. The summed E-state index contributed by atoms with van der Waals surface area (Å²) in [5, 5.41) is 10.8. The Kier molecular flexibility index (Phi) is 5.49. The summed E-state index contributed by atoms with van der Waals surface area (Å²) in [5.74, 6) is 0.794. The average molecular weight is 475 g/mol. The van der Waals surface area contributed by atoms with E-state index in [2.05, 4.69) is 9.88 Å². The molecule has 1 atom stereocenters. The predicted octanol–water partition coefficient (Wildman–Crippen LogP) is 5.51. The third-order valence-corrected chi connectivity index (χ3v) is 6.76. The van der Waals surface area contributed by atoms with E-state index in [9.17, 15) is 13.9 Å². The summed E-state index contributed by atoms with van der Waals surface area (Å²) in [6.07, 6.45) is 1.16. The Morgan fingerprint density at radius 1 is 1.06 bits per heavy atom. The number of halogens is 2. The summed E-state index contributed by atoms with van der Waals surface area (Å²) in [4.78, 5) is 6.69. The van der Waals surface area contributed by atoms with Crippen LogP contribution in [0.15, 0.2) is 66.9 Å². The van der Waals surface area contributed by atoms with Crippen molar-refractivity contribution >= 4 is 10.9 Å². The first kappa shape index (κ1) is 21.8. The van der Waals surface area contributed by atoms with Gasteiger partial charge in [-0.1, -0.05) is 24.3 Å². The number of ether oxygens (including phenoxy) is 2. The lowest BCUT2D eigenvalue weighted by Crippen LogP contribution is -2.49. The standard InChI is InChI=1S/C28H24F2N2O3/c29-13-17-15-32(16-17)10-11-34-20-7-4-18(5-8-20)27-26-22-9-6-19(33)12-25(22)31-14-23(26)21-2-1-3-24(30)28(21)35-27/h1-9,12,14,17,27,33H,10-11,13,15-16H2. The molecule has 178 valence electrons. The van der Waals surface area contributed by atoms with E-state index in [1.807, 2.05) is 36.4 Å². The molecule has 3 heterocycles. The fraction of sp³-hybridized carbons (Fsp3) is 0.250. The Balaban J connectivity index is 1.30. The van der Waals surface area contributed by atoms with Crippen LogP contribution in [-0.2, 0) is 0 Å². The van der Waals surface area contributed by atoms with Gasteiger partial charge in [0.2, 0.25) is 0 Å². The van der Waals surface area contributed by atoms with Crippen molar-refractivity contribution in [3.8, 4) is 28.4 Å². The van der Waals surface area contributed by atoms with Gasteiger partial charge in [0, 0.05) is 59.9 Å². The lowest BCUT2D eigenvalue weighted by molar-refractivity contribution is 0.0668. The molecular weight excluding hydrogens is 450 g/mol. The minimum atomic E-state index is -0.558. The summed E-state index contributed by atoms with van der Waals surface area (Å²) >= 11 is 0. The van der Waals surface area contributed by atoms with E-state index in [-0.39, 0.29) is 24.1 Å². The van der Waals surface area contributed by atoms with Gasteiger partial charge < -0.3 is 14.6 Å². The molecule has 1 fully saturated rings. The zero-order chi connectivity index (χ0) is 23.9. The molecule has 4 aromatic rings. The highest BCUT2D eigenvalue weighted by atomic mass is 19.1. The molecule has 2 aliphatic heterocycles. The molecular formula is C28H24F2N2O3. The minimum Gasteiger partial charge on any atom is -0.508 e. The van der Waals surface area contributed by atoms with Crippen molar-refractivity contribution in [2.45, 2.75) is 6.10 Å². The molecule has 0 radical (unpaired) electrons. The number of hydrogen-bond donors (Lipinski definition) is 1.